The van der Waals surface area contributed by atoms with Crippen molar-refractivity contribution < 1.29 is 45.0 Å². The Kier molecular flexibility index (Phi) is 12.3. The number of aliphatic hydroxyl groups is 5. The topological polar surface area (TPSA) is 225 Å². The zero-order valence-corrected chi connectivity index (χ0v) is 11.7. The lowest BCUT2D eigenvalue weighted by molar-refractivity contribution is -0.142. The summed E-state index contributed by atoms with van der Waals surface area (Å²) in [5.41, 5.74) is 9.81. The number of carboxylic acids is 1. The van der Waals surface area contributed by atoms with E-state index in [2.05, 4.69) is 0 Å². The van der Waals surface area contributed by atoms with Crippen LogP contribution in [0.1, 0.15) is 12.8 Å². The van der Waals surface area contributed by atoms with Gasteiger partial charge in [-0.15, -0.1) is 0 Å². The van der Waals surface area contributed by atoms with Crippen molar-refractivity contribution in [2.45, 2.75) is 37.2 Å². The molecule has 0 aromatic heterocycles. The van der Waals surface area contributed by atoms with E-state index in [9.17, 15) is 14.4 Å². The summed E-state index contributed by atoms with van der Waals surface area (Å²) in [6, 6.07) is -0.979. The van der Waals surface area contributed by atoms with Gasteiger partial charge in [-0.3, -0.25) is 14.4 Å². The number of hydrogen-bond donors (Lipinski definition) is 8. The number of aliphatic hydroxyl groups excluding tert-OH is 5. The van der Waals surface area contributed by atoms with Gasteiger partial charge < -0.3 is 42.1 Å². The van der Waals surface area contributed by atoms with Crippen molar-refractivity contribution in [2.24, 2.45) is 11.5 Å². The van der Waals surface area contributed by atoms with Crippen LogP contribution in [0.5, 0.6) is 0 Å². The molecule has 130 valence electrons. The zero-order chi connectivity index (χ0) is 17.9. The van der Waals surface area contributed by atoms with Crippen molar-refractivity contribution in [3.8, 4) is 0 Å². The summed E-state index contributed by atoms with van der Waals surface area (Å²) in [4.78, 5) is 30.7. The predicted octanol–water partition coefficient (Wildman–Crippen LogP) is -4.71. The van der Waals surface area contributed by atoms with Crippen LogP contribution in [-0.4, -0.2) is 85.9 Å². The van der Waals surface area contributed by atoms with E-state index >= 15 is 0 Å². The lowest BCUT2D eigenvalue weighted by Crippen LogP contribution is -2.44. The van der Waals surface area contributed by atoms with E-state index in [1.807, 2.05) is 0 Å². The van der Waals surface area contributed by atoms with Crippen LogP contribution < -0.4 is 11.5 Å². The van der Waals surface area contributed by atoms with Crippen LogP contribution in [0.3, 0.4) is 0 Å². The molecule has 0 heterocycles. The van der Waals surface area contributed by atoms with Gasteiger partial charge in [-0.2, -0.15) is 0 Å². The average molecular weight is 326 g/mol. The summed E-state index contributed by atoms with van der Waals surface area (Å²) in [6.45, 7) is -1.69. The number of carbonyl (C=O) groups excluding carboxylic acids is 2. The lowest BCUT2D eigenvalue weighted by Gasteiger charge is -2.19. The van der Waals surface area contributed by atoms with Crippen LogP contribution in [0.4, 0.5) is 0 Å². The molecular formula is C11H22N2O9. The summed E-state index contributed by atoms with van der Waals surface area (Å²) in [7, 11) is 0. The number of carbonyl (C=O) groups is 3. The van der Waals surface area contributed by atoms with Gasteiger partial charge in [-0.05, 0) is 6.42 Å². The first-order valence-corrected chi connectivity index (χ1v) is 6.13. The molecule has 0 rings (SSSR count). The second-order valence-electron chi connectivity index (χ2n) is 4.26. The fourth-order valence-electron chi connectivity index (χ4n) is 1.02. The van der Waals surface area contributed by atoms with Gasteiger partial charge in [0.2, 0.25) is 5.91 Å². The van der Waals surface area contributed by atoms with E-state index in [0.29, 0.717) is 0 Å². The molecule has 0 aliphatic heterocycles. The van der Waals surface area contributed by atoms with E-state index in [1.54, 1.807) is 0 Å². The Hall–Kier alpha value is -1.63. The van der Waals surface area contributed by atoms with Crippen LogP contribution in [0.2, 0.25) is 0 Å². The lowest BCUT2D eigenvalue weighted by atomic mass is 10.1. The molecule has 11 nitrogen and oxygen atoms in total. The minimum Gasteiger partial charge on any atom is -0.480 e. The van der Waals surface area contributed by atoms with Gasteiger partial charge in [0.05, 0.1) is 6.61 Å². The number of ketones is 1. The number of amides is 1. The van der Waals surface area contributed by atoms with Gasteiger partial charge >= 0.3 is 5.97 Å². The summed E-state index contributed by atoms with van der Waals surface area (Å²) in [6.07, 6.45) is -5.10. The number of aliphatic carboxylic acids is 1. The second-order valence-corrected chi connectivity index (χ2v) is 4.26. The monoisotopic (exact) mass is 326 g/mol. The summed E-state index contributed by atoms with van der Waals surface area (Å²) < 4.78 is 0. The maximum Gasteiger partial charge on any atom is 0.320 e. The quantitative estimate of drug-likeness (QED) is 0.202. The van der Waals surface area contributed by atoms with Gasteiger partial charge in [0.15, 0.2) is 5.78 Å². The number of primary amides is 1. The Balaban J connectivity index is 0. The van der Waals surface area contributed by atoms with Crippen molar-refractivity contribution in [3.05, 3.63) is 0 Å². The third kappa shape index (κ3) is 10.1. The fourth-order valence-corrected chi connectivity index (χ4v) is 1.02. The van der Waals surface area contributed by atoms with E-state index in [0.717, 1.165) is 0 Å². The van der Waals surface area contributed by atoms with E-state index in [1.165, 1.54) is 0 Å². The number of hydrogen-bond acceptors (Lipinski definition) is 9. The third-order valence-electron chi connectivity index (χ3n) is 2.41. The highest BCUT2D eigenvalue weighted by Gasteiger charge is 2.28. The number of Topliss-reactive ketones (excluding diaryl/α,β-unsaturated/α-hetero) is 1. The standard InChI is InChI=1S/C6H12O6.C5H10N2O3/c7-1-3(9)5(11)6(12)4(10)2-8;6-3(5(9)10)1-2-4(7)8/h3,5-9,11-12H,1-2H2;3H,1-2,6H2,(H2,7,8)(H,9,10). The summed E-state index contributed by atoms with van der Waals surface area (Å²) in [5.74, 6) is -2.65. The number of nitrogens with two attached hydrogens (primary N) is 2. The average Bonchev–Trinajstić information content (AvgIpc) is 2.49. The van der Waals surface area contributed by atoms with E-state index < -0.39 is 55.2 Å². The number of carboxylic acid groups (broad SMARTS) is 1. The summed E-state index contributed by atoms with van der Waals surface area (Å²) >= 11 is 0. The molecule has 0 aliphatic rings. The highest BCUT2D eigenvalue weighted by atomic mass is 16.4. The van der Waals surface area contributed by atoms with Crippen molar-refractivity contribution >= 4 is 17.7 Å². The Morgan fingerprint density at radius 3 is 1.86 bits per heavy atom. The Labute approximate surface area is 125 Å². The zero-order valence-electron chi connectivity index (χ0n) is 11.7. The maximum atomic E-state index is 10.5. The molecule has 22 heavy (non-hydrogen) atoms. The normalized spacial score (nSPS) is 15.7. The molecular weight excluding hydrogens is 304 g/mol. The molecule has 0 saturated heterocycles. The molecule has 0 radical (unpaired) electrons. The molecule has 4 atom stereocenters. The van der Waals surface area contributed by atoms with Gasteiger partial charge in [0.1, 0.15) is 31.0 Å². The predicted molar refractivity (Wildman–Crippen MR) is 71.2 cm³/mol. The van der Waals surface area contributed by atoms with E-state index in [-0.39, 0.29) is 12.8 Å². The Morgan fingerprint density at radius 1 is 1.05 bits per heavy atom. The molecule has 0 aromatic carbocycles. The Morgan fingerprint density at radius 2 is 1.55 bits per heavy atom. The van der Waals surface area contributed by atoms with Gasteiger partial charge in [-0.1, -0.05) is 0 Å². The third-order valence-corrected chi connectivity index (χ3v) is 2.41. The van der Waals surface area contributed by atoms with Crippen LogP contribution in [0.15, 0.2) is 0 Å². The minimum absolute atomic E-state index is 0.0213. The smallest absolute Gasteiger partial charge is 0.320 e. The molecule has 10 N–H and O–H groups in total. The highest BCUT2D eigenvalue weighted by Crippen LogP contribution is 2.00. The molecule has 0 fully saturated rings. The minimum atomic E-state index is -1.86. The van der Waals surface area contributed by atoms with Crippen LogP contribution >= 0.6 is 0 Å². The number of rotatable bonds is 9. The molecule has 0 aromatic rings. The largest absolute Gasteiger partial charge is 0.480 e. The van der Waals surface area contributed by atoms with Crippen molar-refractivity contribution in [2.75, 3.05) is 13.2 Å². The van der Waals surface area contributed by atoms with E-state index in [4.69, 9.17) is 42.1 Å². The first-order valence-electron chi connectivity index (χ1n) is 6.13. The van der Waals surface area contributed by atoms with Gasteiger partial charge in [0, 0.05) is 6.42 Å². The molecule has 0 aliphatic carbocycles. The molecule has 4 unspecified atom stereocenters. The molecule has 0 spiro atoms. The molecule has 0 saturated carbocycles. The van der Waals surface area contributed by atoms with Crippen molar-refractivity contribution in [3.63, 3.8) is 0 Å². The first-order chi connectivity index (χ1) is 10.1. The van der Waals surface area contributed by atoms with Crippen LogP contribution in [-0.2, 0) is 14.4 Å². The summed E-state index contributed by atoms with van der Waals surface area (Å²) in [5, 5.41) is 51.3. The van der Waals surface area contributed by atoms with Crippen LogP contribution in [0.25, 0.3) is 0 Å². The molecule has 11 heteroatoms. The second kappa shape index (κ2) is 12.0. The van der Waals surface area contributed by atoms with Crippen LogP contribution in [0, 0.1) is 0 Å². The maximum absolute atomic E-state index is 10.5. The Bertz CT molecular complexity index is 363. The first kappa shape index (κ1) is 22.6. The van der Waals surface area contributed by atoms with Crippen molar-refractivity contribution in [1.29, 1.82) is 0 Å². The highest BCUT2D eigenvalue weighted by molar-refractivity contribution is 5.84. The van der Waals surface area contributed by atoms with Gasteiger partial charge in [-0.25, -0.2) is 0 Å². The SMILES string of the molecule is NC(=O)CCC(N)C(=O)O.O=C(CO)C(O)C(O)C(O)CO. The molecule has 0 bridgehead atoms. The fraction of sp³-hybridized carbons (Fsp3) is 0.727. The van der Waals surface area contributed by atoms with Gasteiger partial charge in [0.25, 0.3) is 0 Å². The molecule has 1 amide bonds. The van der Waals surface area contributed by atoms with Crippen molar-refractivity contribution in [1.82, 2.24) is 0 Å².